The van der Waals surface area contributed by atoms with Gasteiger partial charge >= 0.3 is 0 Å². The maximum Gasteiger partial charge on any atom is 0.251 e. The topological polar surface area (TPSA) is 78.4 Å². The largest absolute Gasteiger partial charge is 0.388 e. The van der Waals surface area contributed by atoms with Crippen molar-refractivity contribution in [3.8, 4) is 0 Å². The second-order valence-corrected chi connectivity index (χ2v) is 5.91. The van der Waals surface area contributed by atoms with Crippen LogP contribution < -0.4 is 10.6 Å². The van der Waals surface area contributed by atoms with Gasteiger partial charge in [-0.2, -0.15) is 0 Å². The van der Waals surface area contributed by atoms with Crippen molar-refractivity contribution in [2.45, 2.75) is 40.2 Å². The number of rotatable bonds is 5. The van der Waals surface area contributed by atoms with Gasteiger partial charge in [-0.25, -0.2) is 0 Å². The van der Waals surface area contributed by atoms with Gasteiger partial charge in [0, 0.05) is 24.7 Å². The smallest absolute Gasteiger partial charge is 0.251 e. The molecule has 0 fully saturated rings. The third-order valence-corrected chi connectivity index (χ3v) is 3.66. The van der Waals surface area contributed by atoms with Crippen LogP contribution >= 0.6 is 0 Å². The SMILES string of the molecule is CC(=O)Nc1cc(C(=O)NCC(C)(O)C(C)C)ccc1C. The second kappa shape index (κ2) is 6.72. The lowest BCUT2D eigenvalue weighted by Gasteiger charge is -2.27. The van der Waals surface area contributed by atoms with E-state index in [0.29, 0.717) is 11.3 Å². The molecule has 1 unspecified atom stereocenters. The van der Waals surface area contributed by atoms with E-state index in [2.05, 4.69) is 10.6 Å². The summed E-state index contributed by atoms with van der Waals surface area (Å²) < 4.78 is 0. The van der Waals surface area contributed by atoms with E-state index in [1.165, 1.54) is 6.92 Å². The molecular weight excluding hydrogens is 268 g/mol. The number of aliphatic hydroxyl groups is 1. The summed E-state index contributed by atoms with van der Waals surface area (Å²) >= 11 is 0. The molecule has 5 heteroatoms. The molecule has 0 spiro atoms. The van der Waals surface area contributed by atoms with Gasteiger partial charge in [-0.1, -0.05) is 19.9 Å². The molecule has 2 amide bonds. The minimum atomic E-state index is -0.958. The molecule has 0 aliphatic rings. The normalized spacial score (nSPS) is 13.7. The van der Waals surface area contributed by atoms with Crippen LogP contribution in [-0.4, -0.2) is 29.1 Å². The lowest BCUT2D eigenvalue weighted by Crippen LogP contribution is -2.44. The summed E-state index contributed by atoms with van der Waals surface area (Å²) in [5, 5.41) is 15.5. The number of hydrogen-bond acceptors (Lipinski definition) is 3. The molecule has 21 heavy (non-hydrogen) atoms. The molecule has 0 heterocycles. The predicted octanol–water partition coefficient (Wildman–Crippen LogP) is 2.09. The molecule has 5 nitrogen and oxygen atoms in total. The lowest BCUT2D eigenvalue weighted by molar-refractivity contribution is -0.114. The Morgan fingerprint density at radius 1 is 1.33 bits per heavy atom. The number of aryl methyl sites for hydroxylation is 1. The van der Waals surface area contributed by atoms with Crippen molar-refractivity contribution in [1.82, 2.24) is 5.32 Å². The summed E-state index contributed by atoms with van der Waals surface area (Å²) in [7, 11) is 0. The Hall–Kier alpha value is -1.88. The Morgan fingerprint density at radius 2 is 1.95 bits per heavy atom. The number of carbonyl (C=O) groups is 2. The summed E-state index contributed by atoms with van der Waals surface area (Å²) in [5.74, 6) is -0.424. The molecule has 0 bridgehead atoms. The fraction of sp³-hybridized carbons (Fsp3) is 0.500. The van der Waals surface area contributed by atoms with Crippen molar-refractivity contribution in [3.05, 3.63) is 29.3 Å². The highest BCUT2D eigenvalue weighted by Gasteiger charge is 2.25. The van der Waals surface area contributed by atoms with E-state index < -0.39 is 5.60 Å². The second-order valence-electron chi connectivity index (χ2n) is 5.91. The zero-order valence-electron chi connectivity index (χ0n) is 13.3. The van der Waals surface area contributed by atoms with Crippen LogP contribution in [0.25, 0.3) is 0 Å². The fourth-order valence-electron chi connectivity index (χ4n) is 1.65. The fourth-order valence-corrected chi connectivity index (χ4v) is 1.65. The monoisotopic (exact) mass is 292 g/mol. The standard InChI is InChI=1S/C16H24N2O3/c1-10(2)16(5,21)9-17-15(20)13-7-6-11(3)14(8-13)18-12(4)19/h6-8,10,21H,9H2,1-5H3,(H,17,20)(H,18,19). The predicted molar refractivity (Wildman–Crippen MR) is 83.3 cm³/mol. The van der Waals surface area contributed by atoms with E-state index in [1.54, 1.807) is 25.1 Å². The van der Waals surface area contributed by atoms with Crippen LogP contribution in [0.2, 0.25) is 0 Å². The van der Waals surface area contributed by atoms with Gasteiger partial charge in [-0.05, 0) is 37.5 Å². The molecule has 116 valence electrons. The first-order chi connectivity index (χ1) is 9.63. The van der Waals surface area contributed by atoms with Crippen molar-refractivity contribution in [1.29, 1.82) is 0 Å². The Labute approximate surface area is 125 Å². The summed E-state index contributed by atoms with van der Waals surface area (Å²) in [6.07, 6.45) is 0. The number of carbonyl (C=O) groups excluding carboxylic acids is 2. The zero-order valence-corrected chi connectivity index (χ0v) is 13.3. The molecule has 3 N–H and O–H groups in total. The minimum Gasteiger partial charge on any atom is -0.388 e. The van der Waals surface area contributed by atoms with E-state index in [0.717, 1.165) is 5.56 Å². The Balaban J connectivity index is 2.81. The van der Waals surface area contributed by atoms with Gasteiger partial charge < -0.3 is 15.7 Å². The molecule has 0 saturated carbocycles. The van der Waals surface area contributed by atoms with Crippen LogP contribution in [0, 0.1) is 12.8 Å². The van der Waals surface area contributed by atoms with Gasteiger partial charge in [0.25, 0.3) is 5.91 Å². The molecule has 0 saturated heterocycles. The van der Waals surface area contributed by atoms with Gasteiger partial charge in [0.2, 0.25) is 5.91 Å². The lowest BCUT2D eigenvalue weighted by atomic mass is 9.92. The molecular formula is C16H24N2O3. The van der Waals surface area contributed by atoms with Gasteiger partial charge in [0.1, 0.15) is 0 Å². The van der Waals surface area contributed by atoms with Crippen molar-refractivity contribution >= 4 is 17.5 Å². The number of amides is 2. The van der Waals surface area contributed by atoms with E-state index in [1.807, 2.05) is 20.8 Å². The highest BCUT2D eigenvalue weighted by molar-refractivity contribution is 5.97. The zero-order chi connectivity index (χ0) is 16.2. The van der Waals surface area contributed by atoms with E-state index >= 15 is 0 Å². The summed E-state index contributed by atoms with van der Waals surface area (Å²) in [4.78, 5) is 23.3. The first-order valence-corrected chi connectivity index (χ1v) is 7.02. The third kappa shape index (κ3) is 4.86. The van der Waals surface area contributed by atoms with Crippen molar-refractivity contribution in [3.63, 3.8) is 0 Å². The molecule has 0 radical (unpaired) electrons. The number of benzene rings is 1. The van der Waals surface area contributed by atoms with Crippen LogP contribution in [-0.2, 0) is 4.79 Å². The van der Waals surface area contributed by atoms with E-state index in [4.69, 9.17) is 0 Å². The average Bonchev–Trinajstić information content (AvgIpc) is 2.38. The van der Waals surface area contributed by atoms with Crippen molar-refractivity contribution < 1.29 is 14.7 Å². The van der Waals surface area contributed by atoms with E-state index in [-0.39, 0.29) is 24.3 Å². The van der Waals surface area contributed by atoms with Crippen molar-refractivity contribution in [2.24, 2.45) is 5.92 Å². The molecule has 0 aromatic heterocycles. The highest BCUT2D eigenvalue weighted by Crippen LogP contribution is 2.18. The Bertz CT molecular complexity index is 536. The Kier molecular flexibility index (Phi) is 5.49. The first kappa shape index (κ1) is 17.2. The number of hydrogen-bond donors (Lipinski definition) is 3. The molecule has 1 rings (SSSR count). The summed E-state index contributed by atoms with van der Waals surface area (Å²) in [6.45, 7) is 8.94. The average molecular weight is 292 g/mol. The molecule has 1 aromatic carbocycles. The van der Waals surface area contributed by atoms with Crippen LogP contribution in [0.3, 0.4) is 0 Å². The van der Waals surface area contributed by atoms with Gasteiger partial charge in [0.05, 0.1) is 5.60 Å². The van der Waals surface area contributed by atoms with Gasteiger partial charge in [0.15, 0.2) is 0 Å². The van der Waals surface area contributed by atoms with Gasteiger partial charge in [-0.15, -0.1) is 0 Å². The van der Waals surface area contributed by atoms with E-state index in [9.17, 15) is 14.7 Å². The molecule has 1 atom stereocenters. The van der Waals surface area contributed by atoms with Crippen LogP contribution in [0.1, 0.15) is 43.6 Å². The Morgan fingerprint density at radius 3 is 2.48 bits per heavy atom. The highest BCUT2D eigenvalue weighted by atomic mass is 16.3. The van der Waals surface area contributed by atoms with Crippen LogP contribution in [0.5, 0.6) is 0 Å². The van der Waals surface area contributed by atoms with Crippen molar-refractivity contribution in [2.75, 3.05) is 11.9 Å². The van der Waals surface area contributed by atoms with Crippen LogP contribution in [0.4, 0.5) is 5.69 Å². The summed E-state index contributed by atoms with van der Waals surface area (Å²) in [5.41, 5.74) is 0.992. The first-order valence-electron chi connectivity index (χ1n) is 7.02. The molecule has 0 aliphatic carbocycles. The number of nitrogens with one attached hydrogen (secondary N) is 2. The minimum absolute atomic E-state index is 0.0331. The molecule has 1 aromatic rings. The maximum absolute atomic E-state index is 12.1. The van der Waals surface area contributed by atoms with Gasteiger partial charge in [-0.3, -0.25) is 9.59 Å². The summed E-state index contributed by atoms with van der Waals surface area (Å²) in [6, 6.07) is 5.11. The maximum atomic E-state index is 12.1. The quantitative estimate of drug-likeness (QED) is 0.777. The third-order valence-electron chi connectivity index (χ3n) is 3.66. The number of anilines is 1. The van der Waals surface area contributed by atoms with Crippen LogP contribution in [0.15, 0.2) is 18.2 Å². The molecule has 0 aliphatic heterocycles.